The Morgan fingerprint density at radius 3 is 2.79 bits per heavy atom. The van der Waals surface area contributed by atoms with E-state index >= 15 is 0 Å². The van der Waals surface area contributed by atoms with Gasteiger partial charge in [0.25, 0.3) is 0 Å². The van der Waals surface area contributed by atoms with Crippen LogP contribution in [0.15, 0.2) is 40.9 Å². The van der Waals surface area contributed by atoms with Gasteiger partial charge in [-0.15, -0.1) is 0 Å². The largest absolute Gasteiger partial charge is 0.369 e. The maximum Gasteiger partial charge on any atom is 0.0447 e. The monoisotopic (exact) mass is 318 g/mol. The first kappa shape index (κ1) is 12.9. The van der Waals surface area contributed by atoms with Crippen molar-refractivity contribution in [2.45, 2.75) is 19.4 Å². The van der Waals surface area contributed by atoms with Crippen LogP contribution in [-0.4, -0.2) is 25.7 Å². The van der Waals surface area contributed by atoms with Gasteiger partial charge in [-0.05, 0) is 37.4 Å². The van der Waals surface area contributed by atoms with Crippen LogP contribution in [0.1, 0.15) is 13.3 Å². The molecule has 0 amide bonds. The van der Waals surface area contributed by atoms with Gasteiger partial charge in [0.05, 0.1) is 0 Å². The second-order valence-electron chi connectivity index (χ2n) is 5.27. The molecular weight excluding hydrogens is 300 g/mol. The molecule has 2 nitrogen and oxygen atoms in total. The van der Waals surface area contributed by atoms with Gasteiger partial charge < -0.3 is 10.2 Å². The molecule has 2 aromatic carbocycles. The Labute approximate surface area is 122 Å². The van der Waals surface area contributed by atoms with Crippen molar-refractivity contribution in [3.8, 4) is 0 Å². The zero-order chi connectivity index (χ0) is 13.2. The first-order valence-corrected chi connectivity index (χ1v) is 7.70. The zero-order valence-electron chi connectivity index (χ0n) is 11.2. The van der Waals surface area contributed by atoms with Crippen molar-refractivity contribution in [3.63, 3.8) is 0 Å². The van der Waals surface area contributed by atoms with Crippen LogP contribution >= 0.6 is 15.9 Å². The molecule has 100 valence electrons. The molecular formula is C16H19BrN2. The molecule has 0 radical (unpaired) electrons. The van der Waals surface area contributed by atoms with E-state index in [1.165, 1.54) is 27.4 Å². The molecule has 1 N–H and O–H groups in total. The Hall–Kier alpha value is -1.06. The van der Waals surface area contributed by atoms with Crippen LogP contribution in [0, 0.1) is 0 Å². The Morgan fingerprint density at radius 2 is 1.95 bits per heavy atom. The highest BCUT2D eigenvalue weighted by Gasteiger charge is 2.16. The van der Waals surface area contributed by atoms with Crippen molar-refractivity contribution in [3.05, 3.63) is 40.9 Å². The van der Waals surface area contributed by atoms with Gasteiger partial charge in [-0.1, -0.05) is 40.2 Å². The van der Waals surface area contributed by atoms with Crippen molar-refractivity contribution in [1.82, 2.24) is 5.32 Å². The molecule has 1 fully saturated rings. The molecule has 1 saturated heterocycles. The molecule has 1 atom stereocenters. The number of hydrogen-bond acceptors (Lipinski definition) is 2. The van der Waals surface area contributed by atoms with E-state index in [1.807, 2.05) is 0 Å². The molecule has 1 aliphatic heterocycles. The van der Waals surface area contributed by atoms with Gasteiger partial charge in [-0.2, -0.15) is 0 Å². The summed E-state index contributed by atoms with van der Waals surface area (Å²) in [6.07, 6.45) is 1.20. The smallest absolute Gasteiger partial charge is 0.0447 e. The number of rotatable bonds is 1. The molecule has 0 aromatic heterocycles. The predicted molar refractivity (Wildman–Crippen MR) is 85.9 cm³/mol. The van der Waals surface area contributed by atoms with Crippen molar-refractivity contribution in [1.29, 1.82) is 0 Å². The van der Waals surface area contributed by atoms with Crippen LogP contribution in [0.3, 0.4) is 0 Å². The molecule has 19 heavy (non-hydrogen) atoms. The molecule has 0 spiro atoms. The van der Waals surface area contributed by atoms with Gasteiger partial charge in [0.1, 0.15) is 0 Å². The molecule has 0 aliphatic carbocycles. The molecule has 3 rings (SSSR count). The van der Waals surface area contributed by atoms with E-state index in [-0.39, 0.29) is 0 Å². The molecule has 0 bridgehead atoms. The number of anilines is 1. The quantitative estimate of drug-likeness (QED) is 0.860. The van der Waals surface area contributed by atoms with Crippen molar-refractivity contribution < 1.29 is 0 Å². The minimum Gasteiger partial charge on any atom is -0.369 e. The average molecular weight is 319 g/mol. The zero-order valence-corrected chi connectivity index (χ0v) is 12.8. The summed E-state index contributed by atoms with van der Waals surface area (Å²) in [4.78, 5) is 2.51. The van der Waals surface area contributed by atoms with Gasteiger partial charge in [0, 0.05) is 34.7 Å². The highest BCUT2D eigenvalue weighted by molar-refractivity contribution is 9.10. The third-order valence-electron chi connectivity index (χ3n) is 3.78. The summed E-state index contributed by atoms with van der Waals surface area (Å²) in [6.45, 7) is 5.58. The summed E-state index contributed by atoms with van der Waals surface area (Å²) in [7, 11) is 0. The number of nitrogens with zero attached hydrogens (tertiary/aromatic N) is 1. The maximum absolute atomic E-state index is 3.65. The normalized spacial score (nSPS) is 20.5. The Kier molecular flexibility index (Phi) is 3.76. The Bertz CT molecular complexity index is 582. The molecule has 2 aromatic rings. The summed E-state index contributed by atoms with van der Waals surface area (Å²) < 4.78 is 1.17. The number of benzene rings is 2. The van der Waals surface area contributed by atoms with E-state index in [1.54, 1.807) is 0 Å². The predicted octanol–water partition coefficient (Wildman–Crippen LogP) is 3.79. The summed E-state index contributed by atoms with van der Waals surface area (Å²) in [5, 5.41) is 6.19. The summed E-state index contributed by atoms with van der Waals surface area (Å²) in [5.74, 6) is 0. The third-order valence-corrected chi connectivity index (χ3v) is 4.47. The first-order valence-electron chi connectivity index (χ1n) is 6.91. The van der Waals surface area contributed by atoms with E-state index in [0.717, 1.165) is 19.6 Å². The maximum atomic E-state index is 3.65. The minimum atomic E-state index is 0.546. The van der Waals surface area contributed by atoms with Crippen LogP contribution < -0.4 is 10.2 Å². The van der Waals surface area contributed by atoms with Crippen molar-refractivity contribution in [2.75, 3.05) is 24.5 Å². The Morgan fingerprint density at radius 1 is 1.16 bits per heavy atom. The number of halogens is 1. The lowest BCUT2D eigenvalue weighted by Crippen LogP contribution is -2.35. The van der Waals surface area contributed by atoms with E-state index in [2.05, 4.69) is 69.5 Å². The standard InChI is InChI=1S/C16H19BrN2/c1-12-11-19(10-4-9-18-12)16-8-7-15(17)13-5-2-3-6-14(13)16/h2-3,5-8,12,18H,4,9-11H2,1H3. The second kappa shape index (κ2) is 5.51. The van der Waals surface area contributed by atoms with E-state index in [0.29, 0.717) is 6.04 Å². The summed E-state index contributed by atoms with van der Waals surface area (Å²) >= 11 is 3.65. The highest BCUT2D eigenvalue weighted by atomic mass is 79.9. The first-order chi connectivity index (χ1) is 9.25. The third kappa shape index (κ3) is 2.63. The fraction of sp³-hybridized carbons (Fsp3) is 0.375. The van der Waals surface area contributed by atoms with Gasteiger partial charge in [0.15, 0.2) is 0 Å². The number of nitrogens with one attached hydrogen (secondary N) is 1. The molecule has 3 heteroatoms. The van der Waals surface area contributed by atoms with Crippen molar-refractivity contribution in [2.24, 2.45) is 0 Å². The Balaban J connectivity index is 2.06. The van der Waals surface area contributed by atoms with Crippen LogP contribution in [-0.2, 0) is 0 Å². The molecule has 1 heterocycles. The van der Waals surface area contributed by atoms with E-state index < -0.39 is 0 Å². The minimum absolute atomic E-state index is 0.546. The lowest BCUT2D eigenvalue weighted by Gasteiger charge is -2.26. The SMILES string of the molecule is CC1CN(c2ccc(Br)c3ccccc23)CCCN1. The van der Waals surface area contributed by atoms with Crippen LogP contribution in [0.4, 0.5) is 5.69 Å². The number of hydrogen-bond donors (Lipinski definition) is 1. The van der Waals surface area contributed by atoms with Crippen LogP contribution in [0.25, 0.3) is 10.8 Å². The fourth-order valence-electron chi connectivity index (χ4n) is 2.85. The van der Waals surface area contributed by atoms with E-state index in [4.69, 9.17) is 0 Å². The second-order valence-corrected chi connectivity index (χ2v) is 6.12. The van der Waals surface area contributed by atoms with Crippen LogP contribution in [0.5, 0.6) is 0 Å². The van der Waals surface area contributed by atoms with Gasteiger partial charge in [-0.3, -0.25) is 0 Å². The van der Waals surface area contributed by atoms with Gasteiger partial charge in [0.2, 0.25) is 0 Å². The lowest BCUT2D eigenvalue weighted by atomic mass is 10.1. The lowest BCUT2D eigenvalue weighted by molar-refractivity contribution is 0.585. The summed E-state index contributed by atoms with van der Waals surface area (Å²) in [5.41, 5.74) is 1.36. The fourth-order valence-corrected chi connectivity index (χ4v) is 3.32. The molecule has 1 aliphatic rings. The van der Waals surface area contributed by atoms with Gasteiger partial charge in [-0.25, -0.2) is 0 Å². The molecule has 1 unspecified atom stereocenters. The number of fused-ring (bicyclic) bond motifs is 1. The summed E-state index contributed by atoms with van der Waals surface area (Å²) in [6, 6.07) is 13.6. The van der Waals surface area contributed by atoms with Gasteiger partial charge >= 0.3 is 0 Å². The highest BCUT2D eigenvalue weighted by Crippen LogP contribution is 2.32. The van der Waals surface area contributed by atoms with E-state index in [9.17, 15) is 0 Å². The van der Waals surface area contributed by atoms with Crippen molar-refractivity contribution >= 4 is 32.4 Å². The average Bonchev–Trinajstić information content (AvgIpc) is 2.64. The van der Waals surface area contributed by atoms with Crippen LogP contribution in [0.2, 0.25) is 0 Å². The topological polar surface area (TPSA) is 15.3 Å². The molecule has 0 saturated carbocycles.